The Bertz CT molecular complexity index is 504. The molecular weight excluding hydrogens is 246 g/mol. The average Bonchev–Trinajstić information content (AvgIpc) is 2.90. The van der Waals surface area contributed by atoms with Gasteiger partial charge in [-0.25, -0.2) is 0 Å². The second kappa shape index (κ2) is 7.25. The lowest BCUT2D eigenvalue weighted by Crippen LogP contribution is -2.27. The number of aryl methyl sites for hydroxylation is 1. The summed E-state index contributed by atoms with van der Waals surface area (Å²) < 4.78 is 1.88. The van der Waals surface area contributed by atoms with Gasteiger partial charge in [-0.3, -0.25) is 4.68 Å². The van der Waals surface area contributed by atoms with Crippen molar-refractivity contribution in [2.24, 2.45) is 7.05 Å². The first-order valence-electron chi connectivity index (χ1n) is 7.53. The van der Waals surface area contributed by atoms with Gasteiger partial charge in [-0.2, -0.15) is 5.10 Å². The van der Waals surface area contributed by atoms with Gasteiger partial charge in [-0.1, -0.05) is 44.2 Å². The zero-order chi connectivity index (χ0) is 14.4. The average molecular weight is 271 g/mol. The predicted molar refractivity (Wildman–Crippen MR) is 83.7 cm³/mol. The molecule has 0 saturated heterocycles. The molecule has 0 radical (unpaired) electrons. The highest BCUT2D eigenvalue weighted by Crippen LogP contribution is 2.33. The number of nitrogens with one attached hydrogen (secondary N) is 1. The predicted octanol–water partition coefficient (Wildman–Crippen LogP) is 3.65. The van der Waals surface area contributed by atoms with E-state index in [-0.39, 0.29) is 0 Å². The van der Waals surface area contributed by atoms with E-state index in [0.717, 1.165) is 19.4 Å². The normalized spacial score (nSPS) is 14.2. The van der Waals surface area contributed by atoms with Crippen molar-refractivity contribution in [1.29, 1.82) is 0 Å². The van der Waals surface area contributed by atoms with Crippen LogP contribution in [0.15, 0.2) is 42.7 Å². The summed E-state index contributed by atoms with van der Waals surface area (Å²) in [5.74, 6) is 0.479. The number of rotatable bonds is 7. The fourth-order valence-electron chi connectivity index (χ4n) is 2.76. The van der Waals surface area contributed by atoms with E-state index in [1.54, 1.807) is 0 Å². The smallest absolute Gasteiger partial charge is 0.0537 e. The van der Waals surface area contributed by atoms with Crippen LogP contribution < -0.4 is 5.32 Å². The van der Waals surface area contributed by atoms with E-state index in [4.69, 9.17) is 0 Å². The van der Waals surface area contributed by atoms with E-state index < -0.39 is 0 Å². The molecule has 2 atom stereocenters. The maximum absolute atomic E-state index is 4.33. The van der Waals surface area contributed by atoms with Gasteiger partial charge in [0.25, 0.3) is 0 Å². The first kappa shape index (κ1) is 14.8. The van der Waals surface area contributed by atoms with Crippen LogP contribution in [0.5, 0.6) is 0 Å². The quantitative estimate of drug-likeness (QED) is 0.833. The number of nitrogens with zero attached hydrogens (tertiary/aromatic N) is 2. The first-order chi connectivity index (χ1) is 9.76. The minimum absolute atomic E-state index is 0.330. The Kier molecular flexibility index (Phi) is 5.36. The number of aromatic nitrogens is 2. The van der Waals surface area contributed by atoms with Gasteiger partial charge in [0.2, 0.25) is 0 Å². The summed E-state index contributed by atoms with van der Waals surface area (Å²) in [6.07, 6.45) is 6.36. The maximum Gasteiger partial charge on any atom is 0.0537 e. The monoisotopic (exact) mass is 271 g/mol. The highest BCUT2D eigenvalue weighted by Gasteiger charge is 2.23. The molecule has 0 aliphatic rings. The second-order valence-electron chi connectivity index (χ2n) is 5.30. The molecule has 2 rings (SSSR count). The van der Waals surface area contributed by atoms with Gasteiger partial charge in [0.05, 0.1) is 6.20 Å². The molecule has 0 aliphatic carbocycles. The molecule has 0 fully saturated rings. The molecule has 1 heterocycles. The van der Waals surface area contributed by atoms with Crippen LogP contribution in [0.2, 0.25) is 0 Å². The largest absolute Gasteiger partial charge is 0.309 e. The molecule has 0 amide bonds. The van der Waals surface area contributed by atoms with E-state index in [1.165, 1.54) is 11.1 Å². The third-order valence-electron chi connectivity index (χ3n) is 3.77. The zero-order valence-corrected chi connectivity index (χ0v) is 12.7. The SMILES string of the molecule is CCCNC(c1cnn(C)c1)C(CC)c1ccccc1. The highest BCUT2D eigenvalue weighted by atomic mass is 15.2. The minimum atomic E-state index is 0.330. The standard InChI is InChI=1S/C17H25N3/c1-4-11-18-17(15-12-19-20(3)13-15)16(5-2)14-9-7-6-8-10-14/h6-10,12-13,16-18H,4-5,11H2,1-3H3. The first-order valence-corrected chi connectivity index (χ1v) is 7.53. The zero-order valence-electron chi connectivity index (χ0n) is 12.7. The van der Waals surface area contributed by atoms with Gasteiger partial charge in [0.1, 0.15) is 0 Å². The lowest BCUT2D eigenvalue weighted by atomic mass is 9.86. The van der Waals surface area contributed by atoms with Crippen LogP contribution in [-0.4, -0.2) is 16.3 Å². The number of hydrogen-bond donors (Lipinski definition) is 1. The van der Waals surface area contributed by atoms with Crippen molar-refractivity contribution in [3.05, 3.63) is 53.9 Å². The third kappa shape index (κ3) is 3.48. The molecule has 2 aromatic rings. The van der Waals surface area contributed by atoms with Crippen LogP contribution in [0.4, 0.5) is 0 Å². The van der Waals surface area contributed by atoms with Gasteiger partial charge in [0.15, 0.2) is 0 Å². The maximum atomic E-state index is 4.33. The summed E-state index contributed by atoms with van der Waals surface area (Å²) in [5, 5.41) is 8.03. The molecule has 2 unspecified atom stereocenters. The third-order valence-corrected chi connectivity index (χ3v) is 3.77. The number of benzene rings is 1. The van der Waals surface area contributed by atoms with E-state index in [1.807, 2.05) is 17.9 Å². The van der Waals surface area contributed by atoms with Crippen LogP contribution in [-0.2, 0) is 7.05 Å². The summed E-state index contributed by atoms with van der Waals surface area (Å²) >= 11 is 0. The molecule has 108 valence electrons. The molecule has 20 heavy (non-hydrogen) atoms. The van der Waals surface area contributed by atoms with Gasteiger partial charge >= 0.3 is 0 Å². The van der Waals surface area contributed by atoms with E-state index in [0.29, 0.717) is 12.0 Å². The Balaban J connectivity index is 2.28. The summed E-state index contributed by atoms with van der Waals surface area (Å²) in [6.45, 7) is 5.49. The Hall–Kier alpha value is -1.61. The molecule has 0 saturated carbocycles. The fraction of sp³-hybridized carbons (Fsp3) is 0.471. The van der Waals surface area contributed by atoms with Crippen molar-refractivity contribution >= 4 is 0 Å². The van der Waals surface area contributed by atoms with Crippen molar-refractivity contribution in [3.8, 4) is 0 Å². The van der Waals surface area contributed by atoms with Gasteiger partial charge in [-0.05, 0) is 24.9 Å². The Morgan fingerprint density at radius 3 is 2.45 bits per heavy atom. The Labute approximate surface area is 122 Å². The second-order valence-corrected chi connectivity index (χ2v) is 5.30. The molecule has 1 N–H and O–H groups in total. The topological polar surface area (TPSA) is 29.9 Å². The summed E-state index contributed by atoms with van der Waals surface area (Å²) in [5.41, 5.74) is 2.67. The van der Waals surface area contributed by atoms with Crippen molar-refractivity contribution in [1.82, 2.24) is 15.1 Å². The lowest BCUT2D eigenvalue weighted by molar-refractivity contribution is 0.435. The van der Waals surface area contributed by atoms with Crippen LogP contribution >= 0.6 is 0 Å². The Morgan fingerprint density at radius 2 is 1.90 bits per heavy atom. The van der Waals surface area contributed by atoms with Crippen LogP contribution in [0, 0.1) is 0 Å². The Morgan fingerprint density at radius 1 is 1.15 bits per heavy atom. The molecule has 3 heteroatoms. The van der Waals surface area contributed by atoms with Crippen molar-refractivity contribution < 1.29 is 0 Å². The molecule has 3 nitrogen and oxygen atoms in total. The van der Waals surface area contributed by atoms with Gasteiger partial charge in [-0.15, -0.1) is 0 Å². The van der Waals surface area contributed by atoms with Gasteiger partial charge < -0.3 is 5.32 Å². The van der Waals surface area contributed by atoms with Crippen molar-refractivity contribution in [3.63, 3.8) is 0 Å². The van der Waals surface area contributed by atoms with Crippen molar-refractivity contribution in [2.75, 3.05) is 6.54 Å². The molecular formula is C17H25N3. The lowest BCUT2D eigenvalue weighted by Gasteiger charge is -2.27. The van der Waals surface area contributed by atoms with Crippen LogP contribution in [0.25, 0.3) is 0 Å². The summed E-state index contributed by atoms with van der Waals surface area (Å²) in [6, 6.07) is 11.1. The minimum Gasteiger partial charge on any atom is -0.309 e. The molecule has 0 spiro atoms. The number of hydrogen-bond acceptors (Lipinski definition) is 2. The molecule has 1 aromatic carbocycles. The van der Waals surface area contributed by atoms with Gasteiger partial charge in [0, 0.05) is 30.8 Å². The van der Waals surface area contributed by atoms with E-state index in [2.05, 4.69) is 60.8 Å². The van der Waals surface area contributed by atoms with E-state index >= 15 is 0 Å². The highest BCUT2D eigenvalue weighted by molar-refractivity contribution is 5.25. The van der Waals surface area contributed by atoms with Crippen molar-refractivity contribution in [2.45, 2.75) is 38.6 Å². The molecule has 0 bridgehead atoms. The molecule has 1 aromatic heterocycles. The van der Waals surface area contributed by atoms with Crippen LogP contribution in [0.3, 0.4) is 0 Å². The summed E-state index contributed by atoms with van der Waals surface area (Å²) in [4.78, 5) is 0. The molecule has 0 aliphatic heterocycles. The van der Waals surface area contributed by atoms with E-state index in [9.17, 15) is 0 Å². The fourth-order valence-corrected chi connectivity index (χ4v) is 2.76. The summed E-state index contributed by atoms with van der Waals surface area (Å²) in [7, 11) is 1.98. The van der Waals surface area contributed by atoms with Crippen LogP contribution in [0.1, 0.15) is 49.8 Å².